The maximum atomic E-state index is 5.57. The van der Waals surface area contributed by atoms with Gasteiger partial charge in [0.05, 0.1) is 12.2 Å². The van der Waals surface area contributed by atoms with Gasteiger partial charge in [-0.2, -0.15) is 0 Å². The summed E-state index contributed by atoms with van der Waals surface area (Å²) >= 11 is 0. The van der Waals surface area contributed by atoms with Crippen molar-refractivity contribution in [3.63, 3.8) is 0 Å². The summed E-state index contributed by atoms with van der Waals surface area (Å²) < 4.78 is 5.57. The van der Waals surface area contributed by atoms with E-state index in [2.05, 4.69) is 0 Å². The molecule has 1 aliphatic heterocycles. The average Bonchev–Trinajstić information content (AvgIpc) is 2.94. The van der Waals surface area contributed by atoms with E-state index >= 15 is 0 Å². The number of epoxide rings is 1. The van der Waals surface area contributed by atoms with Crippen LogP contribution in [0.15, 0.2) is 0 Å². The third kappa shape index (κ3) is 1.41. The van der Waals surface area contributed by atoms with Crippen LogP contribution in [0.2, 0.25) is 0 Å². The van der Waals surface area contributed by atoms with Crippen LogP contribution in [0.1, 0.15) is 57.8 Å². The smallest absolute Gasteiger partial charge is 0.0917 e. The predicted octanol–water partition coefficient (Wildman–Crippen LogP) is 3.28. The van der Waals surface area contributed by atoms with Crippen molar-refractivity contribution in [2.24, 2.45) is 5.41 Å². The van der Waals surface area contributed by atoms with E-state index in [1.807, 2.05) is 0 Å². The maximum Gasteiger partial charge on any atom is 0.0917 e. The molecule has 0 atom stereocenters. The van der Waals surface area contributed by atoms with Crippen LogP contribution in [0.25, 0.3) is 0 Å². The lowest BCUT2D eigenvalue weighted by atomic mass is 9.63. The first-order chi connectivity index (χ1) is 6.33. The van der Waals surface area contributed by atoms with Crippen LogP contribution in [0.3, 0.4) is 0 Å². The summed E-state index contributed by atoms with van der Waals surface area (Å²) in [5, 5.41) is 0. The molecule has 0 unspecified atom stereocenters. The minimum absolute atomic E-state index is 0.405. The highest BCUT2D eigenvalue weighted by molar-refractivity contribution is 5.00. The standard InChI is InChI=1S/C12H20O/c1-2-4-11(5-3-1)6-8-12(9-7-11)10-13-12/h1-10H2. The Morgan fingerprint density at radius 1 is 0.692 bits per heavy atom. The lowest BCUT2D eigenvalue weighted by Crippen LogP contribution is -2.33. The molecule has 1 saturated heterocycles. The molecule has 3 fully saturated rings. The Bertz CT molecular complexity index is 187. The van der Waals surface area contributed by atoms with E-state index in [0.717, 1.165) is 12.0 Å². The molecule has 3 aliphatic rings. The van der Waals surface area contributed by atoms with Gasteiger partial charge in [-0.1, -0.05) is 19.3 Å². The van der Waals surface area contributed by atoms with E-state index < -0.39 is 0 Å². The van der Waals surface area contributed by atoms with Crippen molar-refractivity contribution in [1.82, 2.24) is 0 Å². The van der Waals surface area contributed by atoms with E-state index in [9.17, 15) is 0 Å². The molecule has 2 spiro atoms. The minimum atomic E-state index is 0.405. The lowest BCUT2D eigenvalue weighted by Gasteiger charge is -2.42. The molecule has 0 aromatic heterocycles. The molecule has 74 valence electrons. The first-order valence-corrected chi connectivity index (χ1v) is 5.97. The van der Waals surface area contributed by atoms with Gasteiger partial charge in [0.15, 0.2) is 0 Å². The van der Waals surface area contributed by atoms with Crippen LogP contribution < -0.4 is 0 Å². The molecule has 0 bridgehead atoms. The number of rotatable bonds is 0. The molecule has 13 heavy (non-hydrogen) atoms. The molecule has 0 radical (unpaired) electrons. The summed E-state index contributed by atoms with van der Waals surface area (Å²) in [5.41, 5.74) is 1.18. The fourth-order valence-electron chi connectivity index (χ4n) is 3.43. The quantitative estimate of drug-likeness (QED) is 0.521. The summed E-state index contributed by atoms with van der Waals surface area (Å²) in [6.45, 7) is 1.07. The lowest BCUT2D eigenvalue weighted by molar-refractivity contribution is 0.0788. The second kappa shape index (κ2) is 2.73. The second-order valence-electron chi connectivity index (χ2n) is 5.53. The minimum Gasteiger partial charge on any atom is -0.370 e. The summed E-state index contributed by atoms with van der Waals surface area (Å²) in [6.07, 6.45) is 13.2. The van der Waals surface area contributed by atoms with Crippen LogP contribution in [0.5, 0.6) is 0 Å². The zero-order chi connectivity index (χ0) is 8.78. The van der Waals surface area contributed by atoms with Crippen LogP contribution >= 0.6 is 0 Å². The molecule has 3 rings (SSSR count). The topological polar surface area (TPSA) is 12.5 Å². The third-order valence-corrected chi connectivity index (χ3v) is 4.69. The molecule has 2 saturated carbocycles. The molecule has 0 amide bonds. The number of ether oxygens (including phenoxy) is 1. The van der Waals surface area contributed by atoms with Gasteiger partial charge in [-0.05, 0) is 43.9 Å². The zero-order valence-electron chi connectivity index (χ0n) is 8.48. The molecule has 1 nitrogen and oxygen atoms in total. The molecule has 1 heterocycles. The van der Waals surface area contributed by atoms with Gasteiger partial charge in [-0.15, -0.1) is 0 Å². The van der Waals surface area contributed by atoms with Crippen LogP contribution in [-0.4, -0.2) is 12.2 Å². The van der Waals surface area contributed by atoms with Crippen molar-refractivity contribution >= 4 is 0 Å². The number of hydrogen-bond acceptors (Lipinski definition) is 1. The van der Waals surface area contributed by atoms with Crippen LogP contribution in [0.4, 0.5) is 0 Å². The number of hydrogen-bond donors (Lipinski definition) is 0. The van der Waals surface area contributed by atoms with Crippen molar-refractivity contribution in [1.29, 1.82) is 0 Å². The molecule has 2 aliphatic carbocycles. The fraction of sp³-hybridized carbons (Fsp3) is 1.00. The SMILES string of the molecule is C1CCC2(CC1)CCC1(CC2)CO1. The Balaban J connectivity index is 1.65. The Kier molecular flexibility index (Phi) is 1.74. The normalized spacial score (nSPS) is 35.1. The van der Waals surface area contributed by atoms with Crippen molar-refractivity contribution in [3.8, 4) is 0 Å². The Hall–Kier alpha value is -0.0400. The van der Waals surface area contributed by atoms with E-state index in [1.54, 1.807) is 0 Å². The summed E-state index contributed by atoms with van der Waals surface area (Å²) in [6, 6.07) is 0. The average molecular weight is 180 g/mol. The van der Waals surface area contributed by atoms with Gasteiger partial charge in [0.1, 0.15) is 0 Å². The monoisotopic (exact) mass is 180 g/mol. The molecule has 0 aromatic rings. The molecule has 0 aromatic carbocycles. The fourth-order valence-corrected chi connectivity index (χ4v) is 3.43. The largest absolute Gasteiger partial charge is 0.370 e. The Labute approximate surface area is 80.8 Å². The molecule has 0 N–H and O–H groups in total. The van der Waals surface area contributed by atoms with Crippen molar-refractivity contribution in [2.45, 2.75) is 63.4 Å². The zero-order valence-corrected chi connectivity index (χ0v) is 8.48. The summed E-state index contributed by atoms with van der Waals surface area (Å²) in [4.78, 5) is 0. The van der Waals surface area contributed by atoms with Crippen LogP contribution in [0, 0.1) is 5.41 Å². The highest BCUT2D eigenvalue weighted by atomic mass is 16.6. The van der Waals surface area contributed by atoms with Gasteiger partial charge in [0.25, 0.3) is 0 Å². The van der Waals surface area contributed by atoms with Gasteiger partial charge < -0.3 is 4.74 Å². The van der Waals surface area contributed by atoms with Crippen LogP contribution in [-0.2, 0) is 4.74 Å². The third-order valence-electron chi connectivity index (χ3n) is 4.69. The van der Waals surface area contributed by atoms with Gasteiger partial charge in [-0.3, -0.25) is 0 Å². The van der Waals surface area contributed by atoms with Crippen molar-refractivity contribution in [3.05, 3.63) is 0 Å². The van der Waals surface area contributed by atoms with Gasteiger partial charge in [-0.25, -0.2) is 0 Å². The molecular formula is C12H20O. The molecular weight excluding hydrogens is 160 g/mol. The first kappa shape index (κ1) is 8.28. The van der Waals surface area contributed by atoms with E-state index in [4.69, 9.17) is 4.74 Å². The Morgan fingerprint density at radius 3 is 1.85 bits per heavy atom. The Morgan fingerprint density at radius 2 is 1.31 bits per heavy atom. The molecule has 1 heteroatoms. The van der Waals surface area contributed by atoms with Gasteiger partial charge >= 0.3 is 0 Å². The van der Waals surface area contributed by atoms with Gasteiger partial charge in [0, 0.05) is 0 Å². The van der Waals surface area contributed by atoms with Crippen molar-refractivity contribution in [2.75, 3.05) is 6.61 Å². The van der Waals surface area contributed by atoms with Gasteiger partial charge in [0.2, 0.25) is 0 Å². The summed E-state index contributed by atoms with van der Waals surface area (Å²) in [5.74, 6) is 0. The second-order valence-corrected chi connectivity index (χ2v) is 5.53. The maximum absolute atomic E-state index is 5.57. The van der Waals surface area contributed by atoms with E-state index in [-0.39, 0.29) is 0 Å². The highest BCUT2D eigenvalue weighted by Crippen LogP contribution is 2.54. The van der Waals surface area contributed by atoms with E-state index in [0.29, 0.717) is 5.60 Å². The summed E-state index contributed by atoms with van der Waals surface area (Å²) in [7, 11) is 0. The predicted molar refractivity (Wildman–Crippen MR) is 52.7 cm³/mol. The highest BCUT2D eigenvalue weighted by Gasteiger charge is 2.50. The first-order valence-electron chi connectivity index (χ1n) is 5.97. The van der Waals surface area contributed by atoms with E-state index in [1.165, 1.54) is 57.8 Å². The van der Waals surface area contributed by atoms with Crippen molar-refractivity contribution < 1.29 is 4.74 Å².